The van der Waals surface area contributed by atoms with Crippen LogP contribution in [0.1, 0.15) is 11.1 Å². The standard InChI is InChI=1S/C20H18FN3O4/c1-26-16-8-11-7-15-18(14(11)10-17(16)27-2)23-24(20(25)28-3)19(15)22-13-6-4-5-12(21)9-13/h4-6,8-10,22H,7H2,1-3H3. The monoisotopic (exact) mass is 383 g/mol. The molecule has 1 aliphatic carbocycles. The minimum Gasteiger partial charge on any atom is -0.493 e. The Morgan fingerprint density at radius 1 is 1.14 bits per heavy atom. The van der Waals surface area contributed by atoms with Crippen LogP contribution in [-0.4, -0.2) is 37.2 Å². The zero-order chi connectivity index (χ0) is 19.8. The number of nitrogens with one attached hydrogen (secondary N) is 1. The second-order valence-electron chi connectivity index (χ2n) is 6.23. The molecule has 0 aliphatic heterocycles. The summed E-state index contributed by atoms with van der Waals surface area (Å²) < 4.78 is 30.3. The van der Waals surface area contributed by atoms with Crippen molar-refractivity contribution in [3.05, 3.63) is 53.3 Å². The van der Waals surface area contributed by atoms with E-state index in [1.165, 1.54) is 19.2 Å². The van der Waals surface area contributed by atoms with E-state index in [1.54, 1.807) is 26.4 Å². The number of hydrogen-bond donors (Lipinski definition) is 1. The number of rotatable bonds is 4. The van der Waals surface area contributed by atoms with Gasteiger partial charge in [-0.25, -0.2) is 9.18 Å². The van der Waals surface area contributed by atoms with Crippen molar-refractivity contribution in [1.29, 1.82) is 0 Å². The van der Waals surface area contributed by atoms with Gasteiger partial charge in [0.25, 0.3) is 0 Å². The second kappa shape index (κ2) is 6.88. The van der Waals surface area contributed by atoms with Gasteiger partial charge in [-0.2, -0.15) is 5.10 Å². The van der Waals surface area contributed by atoms with Crippen LogP contribution in [0.2, 0.25) is 0 Å². The SMILES string of the molecule is COC(=O)n1nc2c(c1Nc1cccc(F)c1)Cc1cc(OC)c(OC)cc1-2. The number of carbonyl (C=O) groups is 1. The Kier molecular flexibility index (Phi) is 4.38. The summed E-state index contributed by atoms with van der Waals surface area (Å²) in [5.41, 5.74) is 3.78. The minimum atomic E-state index is -0.643. The van der Waals surface area contributed by atoms with Crippen LogP contribution in [-0.2, 0) is 11.2 Å². The van der Waals surface area contributed by atoms with Crippen LogP contribution in [0, 0.1) is 5.82 Å². The van der Waals surface area contributed by atoms with Gasteiger partial charge < -0.3 is 19.5 Å². The maximum Gasteiger partial charge on any atom is 0.436 e. The van der Waals surface area contributed by atoms with Crippen molar-refractivity contribution in [3.63, 3.8) is 0 Å². The molecule has 2 aromatic carbocycles. The molecular weight excluding hydrogens is 365 g/mol. The molecule has 0 radical (unpaired) electrons. The van der Waals surface area contributed by atoms with Crippen LogP contribution < -0.4 is 14.8 Å². The summed E-state index contributed by atoms with van der Waals surface area (Å²) in [6.45, 7) is 0. The lowest BCUT2D eigenvalue weighted by Gasteiger charge is -2.12. The molecule has 8 heteroatoms. The first-order valence-electron chi connectivity index (χ1n) is 8.53. The molecule has 28 heavy (non-hydrogen) atoms. The highest BCUT2D eigenvalue weighted by Crippen LogP contribution is 2.45. The van der Waals surface area contributed by atoms with Crippen LogP contribution in [0.25, 0.3) is 11.3 Å². The number of hydrogen-bond acceptors (Lipinski definition) is 6. The number of halogens is 1. The molecule has 0 saturated heterocycles. The van der Waals surface area contributed by atoms with Crippen molar-refractivity contribution in [1.82, 2.24) is 9.78 Å². The number of methoxy groups -OCH3 is 3. The van der Waals surface area contributed by atoms with Crippen LogP contribution in [0.4, 0.5) is 20.7 Å². The average molecular weight is 383 g/mol. The Morgan fingerprint density at radius 3 is 2.57 bits per heavy atom. The highest BCUT2D eigenvalue weighted by molar-refractivity contribution is 5.86. The van der Waals surface area contributed by atoms with Crippen molar-refractivity contribution in [2.24, 2.45) is 0 Å². The zero-order valence-electron chi connectivity index (χ0n) is 15.6. The molecule has 1 heterocycles. The van der Waals surface area contributed by atoms with Crippen LogP contribution in [0.5, 0.6) is 11.5 Å². The number of ether oxygens (including phenoxy) is 3. The van der Waals surface area contributed by atoms with Crippen molar-refractivity contribution in [2.45, 2.75) is 6.42 Å². The van der Waals surface area contributed by atoms with Gasteiger partial charge in [0.2, 0.25) is 0 Å². The van der Waals surface area contributed by atoms with E-state index in [0.717, 1.165) is 21.4 Å². The van der Waals surface area contributed by atoms with E-state index in [1.807, 2.05) is 12.1 Å². The van der Waals surface area contributed by atoms with Crippen molar-refractivity contribution in [2.75, 3.05) is 26.6 Å². The Balaban J connectivity index is 1.84. The fourth-order valence-corrected chi connectivity index (χ4v) is 3.36. The van der Waals surface area contributed by atoms with Crippen LogP contribution in [0.3, 0.4) is 0 Å². The van der Waals surface area contributed by atoms with Gasteiger partial charge in [-0.05, 0) is 35.9 Å². The number of carbonyl (C=O) groups excluding carboxylic acids is 1. The normalized spacial score (nSPS) is 11.6. The molecule has 4 rings (SSSR count). The molecule has 3 aromatic rings. The van der Waals surface area contributed by atoms with Gasteiger partial charge in [0.15, 0.2) is 11.5 Å². The highest BCUT2D eigenvalue weighted by Gasteiger charge is 2.31. The number of nitrogens with zero attached hydrogens (tertiary/aromatic N) is 2. The van der Waals surface area contributed by atoms with Crippen LogP contribution >= 0.6 is 0 Å². The maximum atomic E-state index is 13.6. The van der Waals surface area contributed by atoms with E-state index in [2.05, 4.69) is 10.4 Å². The summed E-state index contributed by atoms with van der Waals surface area (Å²) in [6.07, 6.45) is -0.116. The molecular formula is C20H18FN3O4. The van der Waals surface area contributed by atoms with Crippen molar-refractivity contribution in [3.8, 4) is 22.8 Å². The molecule has 0 amide bonds. The predicted octanol–water partition coefficient (Wildman–Crippen LogP) is 3.97. The van der Waals surface area contributed by atoms with Gasteiger partial charge in [0.05, 0.1) is 27.0 Å². The summed E-state index contributed by atoms with van der Waals surface area (Å²) in [5, 5.41) is 7.54. The van der Waals surface area contributed by atoms with E-state index >= 15 is 0 Å². The molecule has 0 unspecified atom stereocenters. The first-order chi connectivity index (χ1) is 13.5. The zero-order valence-corrected chi connectivity index (χ0v) is 15.6. The first kappa shape index (κ1) is 17.8. The Morgan fingerprint density at radius 2 is 1.89 bits per heavy atom. The predicted molar refractivity (Wildman–Crippen MR) is 101 cm³/mol. The fourth-order valence-electron chi connectivity index (χ4n) is 3.36. The molecule has 0 saturated carbocycles. The van der Waals surface area contributed by atoms with Gasteiger partial charge in [0, 0.05) is 23.2 Å². The quantitative estimate of drug-likeness (QED) is 0.575. The number of fused-ring (bicyclic) bond motifs is 3. The molecule has 1 aliphatic rings. The highest BCUT2D eigenvalue weighted by atomic mass is 19.1. The summed E-state index contributed by atoms with van der Waals surface area (Å²) in [4.78, 5) is 12.3. The number of anilines is 2. The molecule has 0 spiro atoms. The third-order valence-corrected chi connectivity index (χ3v) is 4.65. The van der Waals surface area contributed by atoms with Crippen LogP contribution in [0.15, 0.2) is 36.4 Å². The van der Waals surface area contributed by atoms with E-state index in [9.17, 15) is 9.18 Å². The minimum absolute atomic E-state index is 0.386. The molecule has 0 bridgehead atoms. The molecule has 0 atom stereocenters. The van der Waals surface area contributed by atoms with Gasteiger partial charge >= 0.3 is 6.09 Å². The summed E-state index contributed by atoms with van der Waals surface area (Å²) >= 11 is 0. The molecule has 1 aromatic heterocycles. The lowest BCUT2D eigenvalue weighted by Crippen LogP contribution is -2.16. The summed E-state index contributed by atoms with van der Waals surface area (Å²) in [7, 11) is 4.42. The smallest absolute Gasteiger partial charge is 0.436 e. The lowest BCUT2D eigenvalue weighted by molar-refractivity contribution is 0.170. The Hall–Kier alpha value is -3.55. The second-order valence-corrected chi connectivity index (χ2v) is 6.23. The maximum absolute atomic E-state index is 13.6. The Bertz CT molecular complexity index is 1080. The van der Waals surface area contributed by atoms with E-state index in [4.69, 9.17) is 14.2 Å². The molecule has 7 nitrogen and oxygen atoms in total. The Labute approximate surface area is 160 Å². The third-order valence-electron chi connectivity index (χ3n) is 4.65. The van der Waals surface area contributed by atoms with E-state index in [-0.39, 0.29) is 5.82 Å². The summed E-state index contributed by atoms with van der Waals surface area (Å²) in [6, 6.07) is 9.71. The third kappa shape index (κ3) is 2.83. The summed E-state index contributed by atoms with van der Waals surface area (Å²) in [5.74, 6) is 1.23. The van der Waals surface area contributed by atoms with Crippen molar-refractivity contribution < 1.29 is 23.4 Å². The number of aromatic nitrogens is 2. The number of benzene rings is 2. The van der Waals surface area contributed by atoms with E-state index < -0.39 is 6.09 Å². The molecule has 144 valence electrons. The van der Waals surface area contributed by atoms with Gasteiger partial charge in [-0.3, -0.25) is 0 Å². The lowest BCUT2D eigenvalue weighted by atomic mass is 10.1. The van der Waals surface area contributed by atoms with Gasteiger partial charge in [-0.1, -0.05) is 6.07 Å². The molecule has 0 fully saturated rings. The topological polar surface area (TPSA) is 74.6 Å². The first-order valence-corrected chi connectivity index (χ1v) is 8.53. The average Bonchev–Trinajstić information content (AvgIpc) is 3.22. The fraction of sp³-hybridized carbons (Fsp3) is 0.200. The van der Waals surface area contributed by atoms with E-state index in [0.29, 0.717) is 35.1 Å². The largest absolute Gasteiger partial charge is 0.493 e. The van der Waals surface area contributed by atoms with Gasteiger partial charge in [0.1, 0.15) is 11.6 Å². The molecule has 1 N–H and O–H groups in total. The van der Waals surface area contributed by atoms with Crippen molar-refractivity contribution >= 4 is 17.6 Å². The van der Waals surface area contributed by atoms with Gasteiger partial charge in [-0.15, -0.1) is 4.68 Å².